The summed E-state index contributed by atoms with van der Waals surface area (Å²) in [7, 11) is 0. The summed E-state index contributed by atoms with van der Waals surface area (Å²) in [5.41, 5.74) is 5.32. The van der Waals surface area contributed by atoms with Gasteiger partial charge < -0.3 is 15.3 Å². The molecule has 0 aliphatic heterocycles. The van der Waals surface area contributed by atoms with Crippen molar-refractivity contribution in [3.8, 4) is 0 Å². The molecule has 0 aromatic heterocycles. The maximum absolute atomic E-state index is 13.3. The predicted molar refractivity (Wildman–Crippen MR) is 80.2 cm³/mol. The molecule has 0 spiro atoms. The number of nitrogens with one attached hydrogen (secondary N) is 1. The van der Waals surface area contributed by atoms with Crippen LogP contribution in [0.4, 0.5) is 8.78 Å². The van der Waals surface area contributed by atoms with Crippen LogP contribution in [0.2, 0.25) is 0 Å². The van der Waals surface area contributed by atoms with Gasteiger partial charge in [0.1, 0.15) is 0 Å². The number of carboxylic acid groups (broad SMARTS) is 2. The van der Waals surface area contributed by atoms with E-state index in [0.717, 1.165) is 23.9 Å². The van der Waals surface area contributed by atoms with Crippen LogP contribution in [0.3, 0.4) is 0 Å². The van der Waals surface area contributed by atoms with Gasteiger partial charge in [0.25, 0.3) is 0 Å². The zero-order valence-electron chi connectivity index (χ0n) is 12.6. The van der Waals surface area contributed by atoms with E-state index in [1.165, 1.54) is 6.07 Å². The number of hydrogen-bond acceptors (Lipinski definition) is 6. The highest BCUT2D eigenvalue weighted by atomic mass is 32.2. The number of rotatable bonds is 6. The van der Waals surface area contributed by atoms with E-state index in [9.17, 15) is 28.6 Å². The first-order chi connectivity index (χ1) is 11.8. The number of carboxylic acids is 2. The van der Waals surface area contributed by atoms with E-state index in [1.54, 1.807) is 0 Å². The van der Waals surface area contributed by atoms with Gasteiger partial charge in [0.05, 0.1) is 12.0 Å². The lowest BCUT2D eigenvalue weighted by Crippen LogP contribution is -2.49. The Morgan fingerprint density at radius 2 is 1.96 bits per heavy atom. The van der Waals surface area contributed by atoms with Crippen LogP contribution in [0.5, 0.6) is 0 Å². The SMILES string of the molecule is N=NC1(C(=O)O)C(CSc2ccc(F)c(F)c2)C(O)C2C(C(=O)O)C21. The number of aliphatic carboxylic acids is 2. The molecule has 25 heavy (non-hydrogen) atoms. The topological polar surface area (TPSA) is 131 Å². The predicted octanol–water partition coefficient (Wildman–Crippen LogP) is 1.85. The number of fused-ring (bicyclic) bond motifs is 1. The van der Waals surface area contributed by atoms with E-state index in [0.29, 0.717) is 4.90 Å². The minimum Gasteiger partial charge on any atom is -0.481 e. The smallest absolute Gasteiger partial charge is 0.334 e. The van der Waals surface area contributed by atoms with Crippen LogP contribution in [0.15, 0.2) is 28.2 Å². The third kappa shape index (κ3) is 2.51. The highest BCUT2D eigenvalue weighted by Gasteiger charge is 2.79. The van der Waals surface area contributed by atoms with Gasteiger partial charge in [0.15, 0.2) is 17.2 Å². The monoisotopic (exact) mass is 372 g/mol. The molecule has 0 saturated heterocycles. The standard InChI is InChI=1S/C15H14F2N2O5S/c16-7-2-1-5(3-8(7)17)25-4-6-12(20)9-10(13(21)22)11(9)15(6,19-18)14(23)24/h1-3,6,9-12,18,20H,4H2,(H,21,22)(H,23,24). The van der Waals surface area contributed by atoms with Gasteiger partial charge in [-0.3, -0.25) is 4.79 Å². The van der Waals surface area contributed by atoms with Crippen molar-refractivity contribution in [2.45, 2.75) is 16.5 Å². The normalized spacial score (nSPS) is 35.9. The van der Waals surface area contributed by atoms with Gasteiger partial charge >= 0.3 is 11.9 Å². The molecule has 134 valence electrons. The molecule has 4 N–H and O–H groups in total. The molecule has 7 nitrogen and oxygen atoms in total. The fraction of sp³-hybridized carbons (Fsp3) is 0.467. The van der Waals surface area contributed by atoms with E-state index in [-0.39, 0.29) is 5.75 Å². The Bertz CT molecular complexity index is 763. The number of benzene rings is 1. The maximum Gasteiger partial charge on any atom is 0.334 e. The van der Waals surface area contributed by atoms with E-state index >= 15 is 0 Å². The Balaban J connectivity index is 1.85. The molecule has 1 aromatic carbocycles. The molecule has 6 atom stereocenters. The molecule has 3 rings (SSSR count). The number of aliphatic hydroxyl groups is 1. The molecule has 0 heterocycles. The molecule has 0 amide bonds. The van der Waals surface area contributed by atoms with Gasteiger partial charge in [-0.25, -0.2) is 19.1 Å². The summed E-state index contributed by atoms with van der Waals surface area (Å²) in [5.74, 6) is -8.58. The summed E-state index contributed by atoms with van der Waals surface area (Å²) < 4.78 is 26.2. The van der Waals surface area contributed by atoms with Crippen molar-refractivity contribution in [3.05, 3.63) is 29.8 Å². The van der Waals surface area contributed by atoms with Crippen LogP contribution in [0.1, 0.15) is 0 Å². The lowest BCUT2D eigenvalue weighted by atomic mass is 9.81. The van der Waals surface area contributed by atoms with Gasteiger partial charge in [0, 0.05) is 28.4 Å². The van der Waals surface area contributed by atoms with E-state index < -0.39 is 58.9 Å². The average Bonchev–Trinajstić information content (AvgIpc) is 3.24. The fourth-order valence-electron chi connectivity index (χ4n) is 3.91. The van der Waals surface area contributed by atoms with Crippen LogP contribution in [-0.2, 0) is 9.59 Å². The van der Waals surface area contributed by atoms with Gasteiger partial charge in [-0.1, -0.05) is 0 Å². The minimum atomic E-state index is -2.03. The summed E-state index contributed by atoms with van der Waals surface area (Å²) in [6, 6.07) is 3.19. The summed E-state index contributed by atoms with van der Waals surface area (Å²) >= 11 is 0.991. The highest BCUT2D eigenvalue weighted by molar-refractivity contribution is 7.99. The Morgan fingerprint density at radius 3 is 2.48 bits per heavy atom. The highest BCUT2D eigenvalue weighted by Crippen LogP contribution is 2.66. The van der Waals surface area contributed by atoms with Gasteiger partial charge in [0.2, 0.25) is 0 Å². The number of thioether (sulfide) groups is 1. The summed E-state index contributed by atoms with van der Waals surface area (Å²) in [5, 5.41) is 32.4. The van der Waals surface area contributed by atoms with Gasteiger partial charge in [-0.15, -0.1) is 11.8 Å². The number of nitrogens with zero attached hydrogens (tertiary/aromatic N) is 1. The Labute approximate surface area is 144 Å². The van der Waals surface area contributed by atoms with Crippen molar-refractivity contribution < 1.29 is 33.7 Å². The Kier molecular flexibility index (Phi) is 4.28. The van der Waals surface area contributed by atoms with Crippen LogP contribution in [-0.4, -0.2) is 44.7 Å². The molecular weight excluding hydrogens is 358 g/mol. The molecule has 10 heteroatoms. The van der Waals surface area contributed by atoms with Crippen molar-refractivity contribution in [1.29, 1.82) is 5.53 Å². The van der Waals surface area contributed by atoms with Crippen molar-refractivity contribution in [3.63, 3.8) is 0 Å². The number of halogens is 2. The van der Waals surface area contributed by atoms with Crippen molar-refractivity contribution >= 4 is 23.7 Å². The minimum absolute atomic E-state index is 0.0275. The summed E-state index contributed by atoms with van der Waals surface area (Å²) in [6.45, 7) is 0. The summed E-state index contributed by atoms with van der Waals surface area (Å²) in [4.78, 5) is 23.3. The van der Waals surface area contributed by atoms with E-state index in [2.05, 4.69) is 5.11 Å². The van der Waals surface area contributed by atoms with Crippen LogP contribution in [0.25, 0.3) is 0 Å². The van der Waals surface area contributed by atoms with Crippen molar-refractivity contribution in [2.24, 2.45) is 28.8 Å². The largest absolute Gasteiger partial charge is 0.481 e. The lowest BCUT2D eigenvalue weighted by Gasteiger charge is -2.31. The second kappa shape index (κ2) is 6.03. The van der Waals surface area contributed by atoms with Gasteiger partial charge in [-0.05, 0) is 18.2 Å². The molecule has 2 aliphatic carbocycles. The maximum atomic E-state index is 13.3. The average molecular weight is 372 g/mol. The number of aliphatic hydroxyl groups excluding tert-OH is 1. The zero-order chi connectivity index (χ0) is 18.5. The molecule has 2 saturated carbocycles. The zero-order valence-corrected chi connectivity index (χ0v) is 13.4. The molecule has 2 fully saturated rings. The second-order valence-corrected chi connectivity index (χ2v) is 7.29. The molecule has 6 unspecified atom stereocenters. The van der Waals surface area contributed by atoms with E-state index in [4.69, 9.17) is 10.6 Å². The third-order valence-corrected chi connectivity index (χ3v) is 6.20. The molecule has 0 bridgehead atoms. The van der Waals surface area contributed by atoms with Crippen LogP contribution in [0, 0.1) is 40.8 Å². The van der Waals surface area contributed by atoms with Gasteiger partial charge in [-0.2, -0.15) is 5.11 Å². The van der Waals surface area contributed by atoms with Crippen molar-refractivity contribution in [1.82, 2.24) is 0 Å². The molecule has 0 radical (unpaired) electrons. The molecule has 1 aromatic rings. The number of carbonyl (C=O) groups is 2. The van der Waals surface area contributed by atoms with Crippen LogP contribution >= 0.6 is 11.8 Å². The second-order valence-electron chi connectivity index (χ2n) is 6.19. The Hall–Kier alpha value is -2.07. The van der Waals surface area contributed by atoms with Crippen LogP contribution < -0.4 is 0 Å². The van der Waals surface area contributed by atoms with Crippen molar-refractivity contribution in [2.75, 3.05) is 5.75 Å². The lowest BCUT2D eigenvalue weighted by molar-refractivity contribution is -0.148. The first-order valence-corrected chi connectivity index (χ1v) is 8.35. The molecule has 2 aliphatic rings. The first-order valence-electron chi connectivity index (χ1n) is 7.36. The third-order valence-electron chi connectivity index (χ3n) is 5.09. The molecular formula is C15H14F2N2O5S. The first kappa shape index (κ1) is 17.7. The summed E-state index contributed by atoms with van der Waals surface area (Å²) in [6.07, 6.45) is -1.26. The fourth-order valence-corrected chi connectivity index (χ4v) is 5.08. The van der Waals surface area contributed by atoms with E-state index in [1.807, 2.05) is 0 Å². The quantitative estimate of drug-likeness (QED) is 0.445. The number of hydrogen-bond donors (Lipinski definition) is 4. The Morgan fingerprint density at radius 1 is 1.28 bits per heavy atom.